The molecule has 1 fully saturated rings. The third-order valence-corrected chi connectivity index (χ3v) is 4.98. The van der Waals surface area contributed by atoms with Crippen LogP contribution in [0.2, 0.25) is 0 Å². The number of methoxy groups -OCH3 is 1. The Morgan fingerprint density at radius 2 is 2.29 bits per heavy atom. The van der Waals surface area contributed by atoms with Crippen molar-refractivity contribution in [2.75, 3.05) is 18.2 Å². The van der Waals surface area contributed by atoms with Crippen LogP contribution < -0.4 is 5.32 Å². The van der Waals surface area contributed by atoms with Gasteiger partial charge in [0.15, 0.2) is 0 Å². The van der Waals surface area contributed by atoms with Crippen molar-refractivity contribution < 1.29 is 9.66 Å². The molecule has 0 bridgehead atoms. The first-order valence-corrected chi connectivity index (χ1v) is 8.33. The van der Waals surface area contributed by atoms with Crippen molar-refractivity contribution in [2.24, 2.45) is 0 Å². The summed E-state index contributed by atoms with van der Waals surface area (Å²) in [5, 5.41) is 15.1. The second-order valence-electron chi connectivity index (χ2n) is 5.26. The molecule has 2 rings (SSSR count). The molecule has 1 aliphatic carbocycles. The summed E-state index contributed by atoms with van der Waals surface area (Å²) in [7, 11) is 1.60. The minimum absolute atomic E-state index is 0.110. The highest BCUT2D eigenvalue weighted by Crippen LogP contribution is 2.33. The lowest BCUT2D eigenvalue weighted by molar-refractivity contribution is -0.384. The third-order valence-electron chi connectivity index (χ3n) is 3.75. The van der Waals surface area contributed by atoms with Crippen molar-refractivity contribution >= 4 is 23.1 Å². The smallest absolute Gasteiger partial charge is 0.269 e. The molecule has 21 heavy (non-hydrogen) atoms. The van der Waals surface area contributed by atoms with Gasteiger partial charge in [0, 0.05) is 41.8 Å². The average Bonchev–Trinajstić information content (AvgIpc) is 2.88. The predicted molar refractivity (Wildman–Crippen MR) is 87.0 cm³/mol. The van der Waals surface area contributed by atoms with Crippen molar-refractivity contribution in [3.63, 3.8) is 0 Å². The summed E-state index contributed by atoms with van der Waals surface area (Å²) in [6.45, 7) is 2.57. The van der Waals surface area contributed by atoms with Gasteiger partial charge in [-0.2, -0.15) is 11.8 Å². The fourth-order valence-corrected chi connectivity index (χ4v) is 3.93. The van der Waals surface area contributed by atoms with Crippen molar-refractivity contribution in [3.8, 4) is 0 Å². The highest BCUT2D eigenvalue weighted by atomic mass is 32.2. The maximum absolute atomic E-state index is 10.9. The third kappa shape index (κ3) is 4.35. The summed E-state index contributed by atoms with van der Waals surface area (Å²) in [6, 6.07) is 5.40. The van der Waals surface area contributed by atoms with Crippen LogP contribution >= 0.6 is 11.8 Å². The fourth-order valence-electron chi connectivity index (χ4n) is 2.79. The fraction of sp³-hybridized carbons (Fsp3) is 0.600. The lowest BCUT2D eigenvalue weighted by Gasteiger charge is -2.17. The van der Waals surface area contributed by atoms with Crippen LogP contribution in [0.15, 0.2) is 18.2 Å². The predicted octanol–water partition coefficient (Wildman–Crippen LogP) is 3.83. The quantitative estimate of drug-likeness (QED) is 0.612. The number of nitrogens with zero attached hydrogens (tertiary/aromatic N) is 1. The van der Waals surface area contributed by atoms with Crippen molar-refractivity contribution in [3.05, 3.63) is 33.9 Å². The minimum atomic E-state index is -0.369. The molecule has 0 radical (unpaired) electrons. The maximum Gasteiger partial charge on any atom is 0.269 e. The molecule has 0 aromatic heterocycles. The SMILES string of the molecule is CCSC1CCC(Nc2ccc([N+](=O)[O-])cc2COC)C1. The van der Waals surface area contributed by atoms with Gasteiger partial charge in [-0.25, -0.2) is 0 Å². The number of nitro benzene ring substituents is 1. The zero-order valence-corrected chi connectivity index (χ0v) is 13.3. The standard InChI is InChI=1S/C15H22N2O3S/c1-3-21-14-6-4-12(9-14)16-15-7-5-13(17(18)19)8-11(15)10-20-2/h5,7-8,12,14,16H,3-4,6,9-10H2,1-2H3. The average molecular weight is 310 g/mol. The van der Waals surface area contributed by atoms with Crippen LogP contribution in [0.3, 0.4) is 0 Å². The zero-order chi connectivity index (χ0) is 15.2. The molecule has 6 heteroatoms. The van der Waals surface area contributed by atoms with Gasteiger partial charge in [0.2, 0.25) is 0 Å². The van der Waals surface area contributed by atoms with E-state index in [1.807, 2.05) is 11.8 Å². The van der Waals surface area contributed by atoms with Gasteiger partial charge in [-0.15, -0.1) is 0 Å². The second kappa shape index (κ2) is 7.66. The molecule has 5 nitrogen and oxygen atoms in total. The number of benzene rings is 1. The molecule has 0 aliphatic heterocycles. The van der Waals surface area contributed by atoms with Crippen molar-refractivity contribution in [2.45, 2.75) is 44.1 Å². The molecular formula is C15H22N2O3S. The van der Waals surface area contributed by atoms with E-state index in [0.717, 1.165) is 35.1 Å². The molecule has 0 spiro atoms. The van der Waals surface area contributed by atoms with Crippen LogP contribution in [0.5, 0.6) is 0 Å². The van der Waals surface area contributed by atoms with Crippen LogP contribution in [0.4, 0.5) is 11.4 Å². The number of rotatable bonds is 7. The van der Waals surface area contributed by atoms with E-state index in [1.165, 1.54) is 6.42 Å². The lowest BCUT2D eigenvalue weighted by Crippen LogP contribution is -2.17. The van der Waals surface area contributed by atoms with E-state index in [1.54, 1.807) is 25.3 Å². The first-order chi connectivity index (χ1) is 10.1. The monoisotopic (exact) mass is 310 g/mol. The number of nitro groups is 1. The second-order valence-corrected chi connectivity index (χ2v) is 6.84. The van der Waals surface area contributed by atoms with Crippen LogP contribution in [-0.4, -0.2) is 29.1 Å². The Morgan fingerprint density at radius 1 is 1.48 bits per heavy atom. The first kappa shape index (κ1) is 16.1. The Hall–Kier alpha value is -1.27. The molecule has 116 valence electrons. The van der Waals surface area contributed by atoms with Crippen molar-refractivity contribution in [1.82, 2.24) is 0 Å². The van der Waals surface area contributed by atoms with Gasteiger partial charge in [-0.05, 0) is 31.1 Å². The van der Waals surface area contributed by atoms with Gasteiger partial charge < -0.3 is 10.1 Å². The van der Waals surface area contributed by atoms with E-state index in [9.17, 15) is 10.1 Å². The van der Waals surface area contributed by atoms with E-state index >= 15 is 0 Å². The molecule has 1 saturated carbocycles. The van der Waals surface area contributed by atoms with E-state index in [0.29, 0.717) is 12.6 Å². The van der Waals surface area contributed by atoms with E-state index in [4.69, 9.17) is 4.74 Å². The largest absolute Gasteiger partial charge is 0.382 e. The van der Waals surface area contributed by atoms with Gasteiger partial charge in [-0.3, -0.25) is 10.1 Å². The van der Waals surface area contributed by atoms with Gasteiger partial charge in [0.1, 0.15) is 0 Å². The molecular weight excluding hydrogens is 288 g/mol. The van der Waals surface area contributed by atoms with Crippen molar-refractivity contribution in [1.29, 1.82) is 0 Å². The normalized spacial score (nSPS) is 21.4. The molecule has 1 aromatic rings. The minimum Gasteiger partial charge on any atom is -0.382 e. The Balaban J connectivity index is 2.07. The van der Waals surface area contributed by atoms with Crippen LogP contribution in [0.25, 0.3) is 0 Å². The van der Waals surface area contributed by atoms with Crippen LogP contribution in [-0.2, 0) is 11.3 Å². The molecule has 1 N–H and O–H groups in total. The van der Waals surface area contributed by atoms with Gasteiger partial charge in [0.25, 0.3) is 5.69 Å². The van der Waals surface area contributed by atoms with Gasteiger partial charge >= 0.3 is 0 Å². The molecule has 2 unspecified atom stereocenters. The van der Waals surface area contributed by atoms with Gasteiger partial charge in [-0.1, -0.05) is 6.92 Å². The summed E-state index contributed by atoms with van der Waals surface area (Å²) >= 11 is 2.02. The number of hydrogen-bond donors (Lipinski definition) is 1. The molecule has 1 aliphatic rings. The Kier molecular flexibility index (Phi) is 5.87. The molecule has 2 atom stereocenters. The molecule has 1 aromatic carbocycles. The number of hydrogen-bond acceptors (Lipinski definition) is 5. The number of anilines is 1. The highest BCUT2D eigenvalue weighted by Gasteiger charge is 2.25. The van der Waals surface area contributed by atoms with Crippen LogP contribution in [0, 0.1) is 10.1 Å². The molecule has 0 heterocycles. The number of ether oxygens (including phenoxy) is 1. The zero-order valence-electron chi connectivity index (χ0n) is 12.5. The Labute approximate surface area is 129 Å². The molecule has 0 saturated heterocycles. The summed E-state index contributed by atoms with van der Waals surface area (Å²) in [5.74, 6) is 1.16. The van der Waals surface area contributed by atoms with E-state index in [-0.39, 0.29) is 10.6 Å². The highest BCUT2D eigenvalue weighted by molar-refractivity contribution is 7.99. The summed E-state index contributed by atoms with van der Waals surface area (Å²) in [6.07, 6.45) is 3.55. The number of nitrogens with one attached hydrogen (secondary N) is 1. The van der Waals surface area contributed by atoms with E-state index in [2.05, 4.69) is 12.2 Å². The molecule has 0 amide bonds. The van der Waals surface area contributed by atoms with Gasteiger partial charge in [0.05, 0.1) is 11.5 Å². The lowest BCUT2D eigenvalue weighted by atomic mass is 10.1. The van der Waals surface area contributed by atoms with Crippen LogP contribution in [0.1, 0.15) is 31.7 Å². The summed E-state index contributed by atoms with van der Waals surface area (Å²) < 4.78 is 5.16. The topological polar surface area (TPSA) is 64.4 Å². The number of thioether (sulfide) groups is 1. The first-order valence-electron chi connectivity index (χ1n) is 7.28. The summed E-state index contributed by atoms with van der Waals surface area (Å²) in [5.41, 5.74) is 1.91. The number of non-ortho nitro benzene ring substituents is 1. The summed E-state index contributed by atoms with van der Waals surface area (Å²) in [4.78, 5) is 10.5. The Bertz CT molecular complexity index is 496. The van der Waals surface area contributed by atoms with E-state index < -0.39 is 0 Å². The maximum atomic E-state index is 10.9. The Morgan fingerprint density at radius 3 is 2.95 bits per heavy atom.